The van der Waals surface area contributed by atoms with Gasteiger partial charge in [-0.25, -0.2) is 0 Å². The van der Waals surface area contributed by atoms with Crippen LogP contribution in [0.1, 0.15) is 54.9 Å². The van der Waals surface area contributed by atoms with Gasteiger partial charge in [-0.3, -0.25) is 0 Å². The molecule has 0 aromatic rings. The van der Waals surface area contributed by atoms with Crippen LogP contribution in [0.2, 0.25) is 0 Å². The molecular weight excluding hydrogens is 176 g/mol. The molecule has 0 unspecified atom stereocenters. The van der Waals surface area contributed by atoms with Crippen LogP contribution in [0.5, 0.6) is 0 Å². The minimum absolute atomic E-state index is 0.0402. The quantitative estimate of drug-likeness (QED) is 0.695. The van der Waals surface area contributed by atoms with Gasteiger partial charge in [0.1, 0.15) is 0 Å². The van der Waals surface area contributed by atoms with Gasteiger partial charge in [-0.15, -0.1) is 0 Å². The lowest BCUT2D eigenvalue weighted by atomic mass is 10.1. The Bertz CT molecular complexity index is 151. The van der Waals surface area contributed by atoms with Crippen molar-refractivity contribution in [2.45, 2.75) is 72.2 Å². The van der Waals surface area contributed by atoms with Crippen molar-refractivity contribution in [3.05, 3.63) is 0 Å². The third kappa shape index (κ3) is 10.0. The van der Waals surface area contributed by atoms with E-state index in [1.807, 2.05) is 0 Å². The maximum absolute atomic E-state index is 5.77. The van der Waals surface area contributed by atoms with Crippen LogP contribution in [-0.4, -0.2) is 23.9 Å². The van der Waals surface area contributed by atoms with Crippen LogP contribution in [0.25, 0.3) is 0 Å². The molecule has 2 nitrogen and oxygen atoms in total. The third-order valence-electron chi connectivity index (χ3n) is 1.61. The number of hydrogen-bond donors (Lipinski definition) is 0. The van der Waals surface area contributed by atoms with Gasteiger partial charge in [-0.05, 0) is 54.9 Å². The monoisotopic (exact) mass is 202 g/mol. The first kappa shape index (κ1) is 13.9. The van der Waals surface area contributed by atoms with E-state index in [-0.39, 0.29) is 17.3 Å². The zero-order valence-electron chi connectivity index (χ0n) is 10.8. The zero-order valence-corrected chi connectivity index (χ0v) is 10.8. The molecule has 14 heavy (non-hydrogen) atoms. The number of ether oxygens (including phenoxy) is 2. The Hall–Kier alpha value is -0.0800. The number of hydrogen-bond acceptors (Lipinski definition) is 2. The molecule has 0 heterocycles. The Balaban J connectivity index is 3.60. The SMILES string of the molecule is C[C@H](CCOC(C)(C)C)OC(C)(C)C. The summed E-state index contributed by atoms with van der Waals surface area (Å²) in [6.07, 6.45) is 1.21. The van der Waals surface area contributed by atoms with Crippen molar-refractivity contribution in [2.75, 3.05) is 6.61 Å². The van der Waals surface area contributed by atoms with Gasteiger partial charge in [0.2, 0.25) is 0 Å². The van der Waals surface area contributed by atoms with E-state index in [2.05, 4.69) is 48.5 Å². The Morgan fingerprint density at radius 1 is 0.929 bits per heavy atom. The predicted octanol–water partition coefficient (Wildman–Crippen LogP) is 3.40. The fraction of sp³-hybridized carbons (Fsp3) is 1.00. The van der Waals surface area contributed by atoms with E-state index in [4.69, 9.17) is 9.47 Å². The van der Waals surface area contributed by atoms with Crippen LogP contribution in [0.15, 0.2) is 0 Å². The van der Waals surface area contributed by atoms with E-state index in [1.54, 1.807) is 0 Å². The van der Waals surface area contributed by atoms with Crippen LogP contribution in [-0.2, 0) is 9.47 Å². The fourth-order valence-corrected chi connectivity index (χ4v) is 1.19. The van der Waals surface area contributed by atoms with Crippen molar-refractivity contribution < 1.29 is 9.47 Å². The van der Waals surface area contributed by atoms with E-state index in [9.17, 15) is 0 Å². The standard InChI is InChI=1S/C12H26O2/c1-10(14-12(5,6)7)8-9-13-11(2,3)4/h10H,8-9H2,1-7H3/t10-/m1/s1. The molecule has 0 amide bonds. The summed E-state index contributed by atoms with van der Waals surface area (Å²) >= 11 is 0. The highest BCUT2D eigenvalue weighted by Gasteiger charge is 2.16. The molecule has 0 aliphatic rings. The minimum atomic E-state index is -0.0544. The van der Waals surface area contributed by atoms with Gasteiger partial charge >= 0.3 is 0 Å². The molecule has 0 aromatic carbocycles. The summed E-state index contributed by atoms with van der Waals surface area (Å²) in [4.78, 5) is 0. The second kappa shape index (κ2) is 5.13. The maximum Gasteiger partial charge on any atom is 0.0602 e. The summed E-state index contributed by atoms with van der Waals surface area (Å²) in [6, 6.07) is 0. The first-order chi connectivity index (χ1) is 6.10. The van der Waals surface area contributed by atoms with Crippen LogP contribution < -0.4 is 0 Å². The summed E-state index contributed by atoms with van der Waals surface area (Å²) < 4.78 is 11.4. The Morgan fingerprint density at radius 2 is 1.43 bits per heavy atom. The Morgan fingerprint density at radius 3 is 1.79 bits per heavy atom. The van der Waals surface area contributed by atoms with Crippen molar-refractivity contribution >= 4 is 0 Å². The van der Waals surface area contributed by atoms with Crippen LogP contribution in [0.4, 0.5) is 0 Å². The highest BCUT2D eigenvalue weighted by Crippen LogP contribution is 2.14. The average Bonchev–Trinajstić information content (AvgIpc) is 1.78. The molecule has 0 saturated carbocycles. The van der Waals surface area contributed by atoms with E-state index >= 15 is 0 Å². The molecule has 0 aliphatic heterocycles. The van der Waals surface area contributed by atoms with Gasteiger partial charge in [-0.2, -0.15) is 0 Å². The zero-order chi connectivity index (χ0) is 11.4. The van der Waals surface area contributed by atoms with Gasteiger partial charge in [0.25, 0.3) is 0 Å². The van der Waals surface area contributed by atoms with Crippen molar-refractivity contribution in [3.63, 3.8) is 0 Å². The lowest BCUT2D eigenvalue weighted by molar-refractivity contribution is -0.0761. The molecule has 0 aromatic heterocycles. The summed E-state index contributed by atoms with van der Waals surface area (Å²) in [6.45, 7) is 15.3. The van der Waals surface area contributed by atoms with Crippen LogP contribution >= 0.6 is 0 Å². The van der Waals surface area contributed by atoms with E-state index < -0.39 is 0 Å². The molecule has 0 aliphatic carbocycles. The summed E-state index contributed by atoms with van der Waals surface area (Å²) in [5, 5.41) is 0. The van der Waals surface area contributed by atoms with Crippen molar-refractivity contribution in [2.24, 2.45) is 0 Å². The molecular formula is C12H26O2. The Labute approximate surface area is 89.0 Å². The first-order valence-electron chi connectivity index (χ1n) is 5.42. The van der Waals surface area contributed by atoms with Gasteiger partial charge < -0.3 is 9.47 Å². The molecule has 0 N–H and O–H groups in total. The van der Waals surface area contributed by atoms with E-state index in [0.29, 0.717) is 0 Å². The van der Waals surface area contributed by atoms with E-state index in [0.717, 1.165) is 13.0 Å². The highest BCUT2D eigenvalue weighted by atomic mass is 16.5. The molecule has 2 heteroatoms. The topological polar surface area (TPSA) is 18.5 Å². The molecule has 0 radical (unpaired) electrons. The van der Waals surface area contributed by atoms with Gasteiger partial charge in [0.15, 0.2) is 0 Å². The van der Waals surface area contributed by atoms with Crippen molar-refractivity contribution in [1.29, 1.82) is 0 Å². The lowest BCUT2D eigenvalue weighted by Crippen LogP contribution is -2.28. The maximum atomic E-state index is 5.77. The largest absolute Gasteiger partial charge is 0.376 e. The molecule has 0 bridgehead atoms. The normalized spacial score (nSPS) is 15.6. The lowest BCUT2D eigenvalue weighted by Gasteiger charge is -2.26. The van der Waals surface area contributed by atoms with Crippen LogP contribution in [0.3, 0.4) is 0 Å². The van der Waals surface area contributed by atoms with Crippen molar-refractivity contribution in [1.82, 2.24) is 0 Å². The molecule has 0 fully saturated rings. The highest BCUT2D eigenvalue weighted by molar-refractivity contribution is 4.64. The van der Waals surface area contributed by atoms with Crippen molar-refractivity contribution in [3.8, 4) is 0 Å². The van der Waals surface area contributed by atoms with E-state index in [1.165, 1.54) is 0 Å². The molecule has 0 saturated heterocycles. The van der Waals surface area contributed by atoms with Gasteiger partial charge in [0, 0.05) is 6.61 Å². The third-order valence-corrected chi connectivity index (χ3v) is 1.61. The van der Waals surface area contributed by atoms with Gasteiger partial charge in [-0.1, -0.05) is 0 Å². The smallest absolute Gasteiger partial charge is 0.0602 e. The summed E-state index contributed by atoms with van der Waals surface area (Å²) in [5.41, 5.74) is -0.0946. The van der Waals surface area contributed by atoms with Crippen LogP contribution in [0, 0.1) is 0 Å². The summed E-state index contributed by atoms with van der Waals surface area (Å²) in [5.74, 6) is 0. The second-order valence-electron chi connectivity index (χ2n) is 5.79. The average molecular weight is 202 g/mol. The minimum Gasteiger partial charge on any atom is -0.376 e. The fourth-order valence-electron chi connectivity index (χ4n) is 1.19. The molecule has 1 atom stereocenters. The Kier molecular flexibility index (Phi) is 5.10. The first-order valence-corrected chi connectivity index (χ1v) is 5.42. The molecule has 0 spiro atoms. The predicted molar refractivity (Wildman–Crippen MR) is 60.6 cm³/mol. The molecule has 0 rings (SSSR count). The second-order valence-corrected chi connectivity index (χ2v) is 5.79. The van der Waals surface area contributed by atoms with Gasteiger partial charge in [0.05, 0.1) is 17.3 Å². The molecule has 86 valence electrons. The summed E-state index contributed by atoms with van der Waals surface area (Å²) in [7, 11) is 0. The number of rotatable bonds is 4.